The highest BCUT2D eigenvalue weighted by molar-refractivity contribution is 4.98. The van der Waals surface area contributed by atoms with E-state index in [4.69, 9.17) is 0 Å². The fourth-order valence-corrected chi connectivity index (χ4v) is 2.48. The predicted molar refractivity (Wildman–Crippen MR) is 54.7 cm³/mol. The molecule has 90 valence electrons. The van der Waals surface area contributed by atoms with Crippen molar-refractivity contribution in [2.75, 3.05) is 6.54 Å². The summed E-state index contributed by atoms with van der Waals surface area (Å²) in [7, 11) is 0. The van der Waals surface area contributed by atoms with Crippen LogP contribution in [0.25, 0.3) is 0 Å². The van der Waals surface area contributed by atoms with E-state index in [1.807, 2.05) is 0 Å². The summed E-state index contributed by atoms with van der Waals surface area (Å²) >= 11 is 0. The second-order valence-electron chi connectivity index (χ2n) is 4.46. The van der Waals surface area contributed by atoms with Crippen LogP contribution in [0, 0.1) is 5.92 Å². The van der Waals surface area contributed by atoms with Gasteiger partial charge in [0.25, 0.3) is 0 Å². The van der Waals surface area contributed by atoms with Crippen LogP contribution in [0.3, 0.4) is 0 Å². The third-order valence-electron chi connectivity index (χ3n) is 3.59. The van der Waals surface area contributed by atoms with E-state index in [0.29, 0.717) is 25.3 Å². The Morgan fingerprint density at radius 2 is 1.73 bits per heavy atom. The van der Waals surface area contributed by atoms with Crippen molar-refractivity contribution in [2.24, 2.45) is 5.92 Å². The molecule has 1 saturated carbocycles. The second-order valence-corrected chi connectivity index (χ2v) is 4.46. The van der Waals surface area contributed by atoms with Gasteiger partial charge in [-0.05, 0) is 38.1 Å². The fraction of sp³-hybridized carbons (Fsp3) is 1.00. The van der Waals surface area contributed by atoms with E-state index < -0.39 is 11.7 Å². The largest absolute Gasteiger partial charge is 0.406 e. The molecule has 1 N–H and O–H groups in total. The van der Waals surface area contributed by atoms with Gasteiger partial charge in [0, 0.05) is 0 Å². The number of hydrogen-bond acceptors (Lipinski definition) is 1. The standard InChI is InChI=1S/C11H20F3N/c1-3-9-5-7-10(8-6-9,15-4-2)11(12,13)14/h9,15H,3-8H2,1-2H3. The zero-order chi connectivity index (χ0) is 11.5. The lowest BCUT2D eigenvalue weighted by Crippen LogP contribution is -2.58. The number of rotatable bonds is 3. The Morgan fingerprint density at radius 1 is 1.20 bits per heavy atom. The van der Waals surface area contributed by atoms with E-state index in [1.165, 1.54) is 0 Å². The lowest BCUT2D eigenvalue weighted by atomic mass is 9.75. The van der Waals surface area contributed by atoms with Crippen LogP contribution < -0.4 is 5.32 Å². The lowest BCUT2D eigenvalue weighted by Gasteiger charge is -2.41. The molecule has 1 nitrogen and oxygen atoms in total. The molecule has 0 aliphatic heterocycles. The molecule has 0 heterocycles. The smallest absolute Gasteiger partial charge is 0.304 e. The van der Waals surface area contributed by atoms with Gasteiger partial charge in [-0.3, -0.25) is 0 Å². The minimum atomic E-state index is -4.11. The Kier molecular flexibility index (Phi) is 4.04. The molecule has 15 heavy (non-hydrogen) atoms. The normalized spacial score (nSPS) is 33.0. The van der Waals surface area contributed by atoms with Crippen LogP contribution in [0.15, 0.2) is 0 Å². The molecule has 1 rings (SSSR count). The summed E-state index contributed by atoms with van der Waals surface area (Å²) in [5.74, 6) is 0.485. The van der Waals surface area contributed by atoms with Crippen LogP contribution in [-0.2, 0) is 0 Å². The molecule has 0 aromatic carbocycles. The third-order valence-corrected chi connectivity index (χ3v) is 3.59. The van der Waals surface area contributed by atoms with Crippen molar-refractivity contribution in [1.82, 2.24) is 5.32 Å². The maximum atomic E-state index is 13.0. The highest BCUT2D eigenvalue weighted by atomic mass is 19.4. The van der Waals surface area contributed by atoms with Crippen molar-refractivity contribution in [3.63, 3.8) is 0 Å². The molecule has 0 spiro atoms. The van der Waals surface area contributed by atoms with Gasteiger partial charge in [-0.15, -0.1) is 0 Å². The number of alkyl halides is 3. The molecule has 0 radical (unpaired) electrons. The van der Waals surface area contributed by atoms with Gasteiger partial charge in [-0.1, -0.05) is 20.3 Å². The molecule has 0 atom stereocenters. The SMILES string of the molecule is CCNC1(C(F)(F)F)CCC(CC)CC1. The summed E-state index contributed by atoms with van der Waals surface area (Å²) in [5, 5.41) is 2.66. The molecular formula is C11H20F3N. The van der Waals surface area contributed by atoms with Crippen LogP contribution in [0.1, 0.15) is 46.0 Å². The van der Waals surface area contributed by atoms with E-state index in [2.05, 4.69) is 12.2 Å². The number of hydrogen-bond donors (Lipinski definition) is 1. The minimum Gasteiger partial charge on any atom is -0.304 e. The van der Waals surface area contributed by atoms with E-state index in [9.17, 15) is 13.2 Å². The topological polar surface area (TPSA) is 12.0 Å². The van der Waals surface area contributed by atoms with Crippen molar-refractivity contribution in [3.05, 3.63) is 0 Å². The first-order valence-electron chi connectivity index (χ1n) is 5.77. The maximum absolute atomic E-state index is 13.0. The van der Waals surface area contributed by atoms with Gasteiger partial charge in [0.1, 0.15) is 5.54 Å². The summed E-state index contributed by atoms with van der Waals surface area (Å²) in [5.41, 5.74) is -1.60. The van der Waals surface area contributed by atoms with Crippen molar-refractivity contribution < 1.29 is 13.2 Å². The molecule has 0 bridgehead atoms. The zero-order valence-electron chi connectivity index (χ0n) is 9.45. The van der Waals surface area contributed by atoms with Gasteiger partial charge in [0.05, 0.1) is 0 Å². The predicted octanol–water partition coefficient (Wildman–Crippen LogP) is 3.50. The first-order valence-corrected chi connectivity index (χ1v) is 5.77. The summed E-state index contributed by atoms with van der Waals surface area (Å²) < 4.78 is 38.9. The highest BCUT2D eigenvalue weighted by Gasteiger charge is 2.54. The van der Waals surface area contributed by atoms with Gasteiger partial charge in [0.15, 0.2) is 0 Å². The fourth-order valence-electron chi connectivity index (χ4n) is 2.48. The molecular weight excluding hydrogens is 203 g/mol. The molecule has 0 aromatic rings. The molecule has 1 fully saturated rings. The van der Waals surface area contributed by atoms with Gasteiger partial charge in [0.2, 0.25) is 0 Å². The van der Waals surface area contributed by atoms with Crippen LogP contribution in [0.5, 0.6) is 0 Å². The highest BCUT2D eigenvalue weighted by Crippen LogP contribution is 2.43. The Balaban J connectivity index is 2.69. The Bertz CT molecular complexity index is 192. The molecule has 0 aromatic heterocycles. The van der Waals surface area contributed by atoms with Gasteiger partial charge in [-0.25, -0.2) is 0 Å². The minimum absolute atomic E-state index is 0.239. The van der Waals surface area contributed by atoms with Crippen molar-refractivity contribution in [2.45, 2.75) is 57.7 Å². The first kappa shape index (κ1) is 12.8. The monoisotopic (exact) mass is 223 g/mol. The summed E-state index contributed by atoms with van der Waals surface area (Å²) in [4.78, 5) is 0. The van der Waals surface area contributed by atoms with Crippen molar-refractivity contribution >= 4 is 0 Å². The summed E-state index contributed by atoms with van der Waals surface area (Å²) in [6.07, 6.45) is -1.24. The Labute approximate surface area is 89.4 Å². The van der Waals surface area contributed by atoms with Gasteiger partial charge < -0.3 is 5.32 Å². The quantitative estimate of drug-likeness (QED) is 0.772. The first-order chi connectivity index (χ1) is 6.95. The molecule has 4 heteroatoms. The average molecular weight is 223 g/mol. The van der Waals surface area contributed by atoms with Gasteiger partial charge >= 0.3 is 6.18 Å². The van der Waals surface area contributed by atoms with E-state index in [0.717, 1.165) is 6.42 Å². The maximum Gasteiger partial charge on any atom is 0.406 e. The molecule has 0 amide bonds. The van der Waals surface area contributed by atoms with E-state index in [1.54, 1.807) is 6.92 Å². The summed E-state index contributed by atoms with van der Waals surface area (Å²) in [6.45, 7) is 4.17. The lowest BCUT2D eigenvalue weighted by molar-refractivity contribution is -0.207. The summed E-state index contributed by atoms with van der Waals surface area (Å²) in [6, 6.07) is 0. The Morgan fingerprint density at radius 3 is 2.07 bits per heavy atom. The Hall–Kier alpha value is -0.250. The van der Waals surface area contributed by atoms with Crippen LogP contribution >= 0.6 is 0 Å². The number of halogens is 3. The molecule has 1 aliphatic rings. The zero-order valence-corrected chi connectivity index (χ0v) is 9.45. The number of nitrogens with one attached hydrogen (secondary N) is 1. The van der Waals surface area contributed by atoms with Crippen LogP contribution in [-0.4, -0.2) is 18.3 Å². The molecule has 0 saturated heterocycles. The van der Waals surface area contributed by atoms with Crippen LogP contribution in [0.2, 0.25) is 0 Å². The van der Waals surface area contributed by atoms with Crippen molar-refractivity contribution in [3.8, 4) is 0 Å². The second kappa shape index (κ2) is 4.73. The third kappa shape index (κ3) is 2.65. The van der Waals surface area contributed by atoms with Crippen molar-refractivity contribution in [1.29, 1.82) is 0 Å². The molecule has 0 unspecified atom stereocenters. The van der Waals surface area contributed by atoms with Gasteiger partial charge in [-0.2, -0.15) is 13.2 Å². The van der Waals surface area contributed by atoms with E-state index in [-0.39, 0.29) is 12.8 Å². The van der Waals surface area contributed by atoms with Crippen LogP contribution in [0.4, 0.5) is 13.2 Å². The van der Waals surface area contributed by atoms with E-state index >= 15 is 0 Å². The average Bonchev–Trinajstić information content (AvgIpc) is 2.18. The molecule has 1 aliphatic carbocycles.